The molecule has 3 rings (SSSR count). The number of halogens is 1. The Kier molecular flexibility index (Phi) is 3.11. The van der Waals surface area contributed by atoms with Crippen LogP contribution in [0.15, 0.2) is 30.5 Å². The van der Waals surface area contributed by atoms with Gasteiger partial charge < -0.3 is 10.6 Å². The number of nitrogens with one attached hydrogen (secondary N) is 2. The van der Waals surface area contributed by atoms with Gasteiger partial charge in [-0.3, -0.25) is 0 Å². The molecule has 94 valence electrons. The third-order valence-corrected chi connectivity index (χ3v) is 3.41. The highest BCUT2D eigenvalue weighted by Crippen LogP contribution is 2.23. The molecule has 0 spiro atoms. The minimum atomic E-state index is -0.207. The number of pyridine rings is 1. The lowest BCUT2D eigenvalue weighted by Crippen LogP contribution is -2.35. The molecular weight excluding hydrogens is 229 g/mol. The van der Waals surface area contributed by atoms with Crippen LogP contribution in [0.1, 0.15) is 12.8 Å². The molecule has 2 aromatic rings. The largest absolute Gasteiger partial charge is 0.367 e. The van der Waals surface area contributed by atoms with E-state index in [0.29, 0.717) is 6.04 Å². The van der Waals surface area contributed by atoms with Crippen LogP contribution in [0.4, 0.5) is 10.2 Å². The third kappa shape index (κ3) is 2.29. The number of hydrogen-bond donors (Lipinski definition) is 2. The molecule has 18 heavy (non-hydrogen) atoms. The summed E-state index contributed by atoms with van der Waals surface area (Å²) in [5.41, 5.74) is 0. The third-order valence-electron chi connectivity index (χ3n) is 3.41. The second kappa shape index (κ2) is 4.90. The van der Waals surface area contributed by atoms with Crippen LogP contribution >= 0.6 is 0 Å². The summed E-state index contributed by atoms with van der Waals surface area (Å²) in [7, 11) is 0. The standard InChI is InChI=1S/C14H16FN3/c15-11-1-2-13-10(9-11)3-8-17-14(13)18-12-4-6-16-7-5-12/h1-3,8-9,12,16H,4-7H2,(H,17,18). The van der Waals surface area contributed by atoms with Crippen molar-refractivity contribution in [2.45, 2.75) is 18.9 Å². The molecule has 4 heteroatoms. The highest BCUT2D eigenvalue weighted by atomic mass is 19.1. The summed E-state index contributed by atoms with van der Waals surface area (Å²) in [5.74, 6) is 0.654. The first kappa shape index (κ1) is 11.4. The van der Waals surface area contributed by atoms with Crippen LogP contribution in [0.5, 0.6) is 0 Å². The molecular formula is C14H16FN3. The Morgan fingerprint density at radius 3 is 2.89 bits per heavy atom. The molecule has 0 saturated carbocycles. The van der Waals surface area contributed by atoms with Crippen LogP contribution in [-0.4, -0.2) is 24.1 Å². The lowest BCUT2D eigenvalue weighted by molar-refractivity contribution is 0.478. The Morgan fingerprint density at radius 1 is 1.22 bits per heavy atom. The number of anilines is 1. The van der Waals surface area contributed by atoms with Crippen LogP contribution in [0.2, 0.25) is 0 Å². The first-order chi connectivity index (χ1) is 8.83. The quantitative estimate of drug-likeness (QED) is 0.853. The second-order valence-corrected chi connectivity index (χ2v) is 4.69. The van der Waals surface area contributed by atoms with Gasteiger partial charge in [0.25, 0.3) is 0 Å². The zero-order chi connectivity index (χ0) is 12.4. The summed E-state index contributed by atoms with van der Waals surface area (Å²) < 4.78 is 13.2. The molecule has 0 aliphatic carbocycles. The molecule has 1 fully saturated rings. The van der Waals surface area contributed by atoms with E-state index in [1.807, 2.05) is 6.07 Å². The predicted octanol–water partition coefficient (Wildman–Crippen LogP) is 2.54. The van der Waals surface area contributed by atoms with Gasteiger partial charge in [-0.1, -0.05) is 0 Å². The SMILES string of the molecule is Fc1ccc2c(NC3CCNCC3)nccc2c1. The van der Waals surface area contributed by atoms with Crippen LogP contribution in [0.25, 0.3) is 10.8 Å². The first-order valence-corrected chi connectivity index (χ1v) is 6.34. The zero-order valence-corrected chi connectivity index (χ0v) is 10.1. The van der Waals surface area contributed by atoms with Gasteiger partial charge in [0.15, 0.2) is 0 Å². The van der Waals surface area contributed by atoms with Crippen LogP contribution in [0.3, 0.4) is 0 Å². The number of aromatic nitrogens is 1. The van der Waals surface area contributed by atoms with Gasteiger partial charge >= 0.3 is 0 Å². The molecule has 0 bridgehead atoms. The monoisotopic (exact) mass is 245 g/mol. The summed E-state index contributed by atoms with van der Waals surface area (Å²) in [6, 6.07) is 7.12. The van der Waals surface area contributed by atoms with Crippen molar-refractivity contribution in [1.29, 1.82) is 0 Å². The van der Waals surface area contributed by atoms with E-state index in [2.05, 4.69) is 15.6 Å². The van der Waals surface area contributed by atoms with Gasteiger partial charge in [0, 0.05) is 17.6 Å². The predicted molar refractivity (Wildman–Crippen MR) is 71.2 cm³/mol. The van der Waals surface area contributed by atoms with E-state index in [-0.39, 0.29) is 5.82 Å². The van der Waals surface area contributed by atoms with Crippen molar-refractivity contribution in [3.63, 3.8) is 0 Å². The van der Waals surface area contributed by atoms with Crippen molar-refractivity contribution in [3.8, 4) is 0 Å². The lowest BCUT2D eigenvalue weighted by atomic mass is 10.1. The molecule has 0 amide bonds. The van der Waals surface area contributed by atoms with Crippen molar-refractivity contribution in [1.82, 2.24) is 10.3 Å². The maximum atomic E-state index is 13.2. The summed E-state index contributed by atoms with van der Waals surface area (Å²) in [6.45, 7) is 2.08. The minimum absolute atomic E-state index is 0.207. The van der Waals surface area contributed by atoms with Crippen molar-refractivity contribution in [3.05, 3.63) is 36.3 Å². The topological polar surface area (TPSA) is 37.0 Å². The van der Waals surface area contributed by atoms with E-state index in [4.69, 9.17) is 0 Å². The molecule has 1 aromatic heterocycles. The number of benzene rings is 1. The van der Waals surface area contributed by atoms with E-state index in [1.165, 1.54) is 6.07 Å². The van der Waals surface area contributed by atoms with Gasteiger partial charge in [-0.05, 0) is 55.6 Å². The molecule has 1 saturated heterocycles. The van der Waals surface area contributed by atoms with Gasteiger partial charge in [-0.2, -0.15) is 0 Å². The van der Waals surface area contributed by atoms with Gasteiger partial charge in [0.2, 0.25) is 0 Å². The summed E-state index contributed by atoms with van der Waals surface area (Å²) in [6.07, 6.45) is 3.92. The zero-order valence-electron chi connectivity index (χ0n) is 10.1. The molecule has 0 atom stereocenters. The number of rotatable bonds is 2. The molecule has 1 aliphatic heterocycles. The first-order valence-electron chi connectivity index (χ1n) is 6.34. The highest BCUT2D eigenvalue weighted by molar-refractivity contribution is 5.91. The Balaban J connectivity index is 1.91. The number of hydrogen-bond acceptors (Lipinski definition) is 3. The average Bonchev–Trinajstić information content (AvgIpc) is 2.40. The summed E-state index contributed by atoms with van der Waals surface area (Å²) >= 11 is 0. The van der Waals surface area contributed by atoms with E-state index < -0.39 is 0 Å². The van der Waals surface area contributed by atoms with Crippen molar-refractivity contribution in [2.75, 3.05) is 18.4 Å². The van der Waals surface area contributed by atoms with E-state index in [1.54, 1.807) is 18.3 Å². The van der Waals surface area contributed by atoms with Crippen LogP contribution < -0.4 is 10.6 Å². The van der Waals surface area contributed by atoms with Crippen molar-refractivity contribution in [2.24, 2.45) is 0 Å². The molecule has 2 N–H and O–H groups in total. The number of nitrogens with zero attached hydrogens (tertiary/aromatic N) is 1. The maximum absolute atomic E-state index is 13.2. The molecule has 1 aliphatic rings. The van der Waals surface area contributed by atoms with Crippen LogP contribution in [0, 0.1) is 5.82 Å². The Bertz CT molecular complexity index is 550. The fourth-order valence-corrected chi connectivity index (χ4v) is 2.42. The fraction of sp³-hybridized carbons (Fsp3) is 0.357. The van der Waals surface area contributed by atoms with Gasteiger partial charge in [-0.15, -0.1) is 0 Å². The van der Waals surface area contributed by atoms with Gasteiger partial charge in [0.05, 0.1) is 0 Å². The molecule has 2 heterocycles. The normalized spacial score (nSPS) is 16.9. The van der Waals surface area contributed by atoms with Crippen molar-refractivity contribution >= 4 is 16.6 Å². The molecule has 0 radical (unpaired) electrons. The van der Waals surface area contributed by atoms with E-state index in [0.717, 1.165) is 42.5 Å². The van der Waals surface area contributed by atoms with Crippen molar-refractivity contribution < 1.29 is 4.39 Å². The second-order valence-electron chi connectivity index (χ2n) is 4.69. The summed E-state index contributed by atoms with van der Waals surface area (Å²) in [4.78, 5) is 4.38. The van der Waals surface area contributed by atoms with Crippen LogP contribution in [-0.2, 0) is 0 Å². The summed E-state index contributed by atoms with van der Waals surface area (Å²) in [5, 5.41) is 8.68. The lowest BCUT2D eigenvalue weighted by Gasteiger charge is -2.24. The average molecular weight is 245 g/mol. The van der Waals surface area contributed by atoms with E-state index in [9.17, 15) is 4.39 Å². The van der Waals surface area contributed by atoms with Gasteiger partial charge in [0.1, 0.15) is 11.6 Å². The molecule has 3 nitrogen and oxygen atoms in total. The number of piperidine rings is 1. The fourth-order valence-electron chi connectivity index (χ4n) is 2.42. The Hall–Kier alpha value is -1.68. The van der Waals surface area contributed by atoms with E-state index >= 15 is 0 Å². The Labute approximate surface area is 105 Å². The molecule has 0 unspecified atom stereocenters. The number of fused-ring (bicyclic) bond motifs is 1. The maximum Gasteiger partial charge on any atom is 0.134 e. The minimum Gasteiger partial charge on any atom is -0.367 e. The highest BCUT2D eigenvalue weighted by Gasteiger charge is 2.14. The molecule has 1 aromatic carbocycles. The van der Waals surface area contributed by atoms with Gasteiger partial charge in [-0.25, -0.2) is 9.37 Å². The Morgan fingerprint density at radius 2 is 2.06 bits per heavy atom. The smallest absolute Gasteiger partial charge is 0.134 e.